The van der Waals surface area contributed by atoms with E-state index in [2.05, 4.69) is 15.5 Å². The average molecular weight is 467 g/mol. The number of benzene rings is 1. The third kappa shape index (κ3) is 4.27. The topological polar surface area (TPSA) is 95.1 Å². The molecular weight excluding hydrogens is 440 g/mol. The van der Waals surface area contributed by atoms with Crippen molar-refractivity contribution in [3.05, 3.63) is 58.5 Å². The smallest absolute Gasteiger partial charge is 0.250 e. The van der Waals surface area contributed by atoms with Crippen LogP contribution in [0, 0.1) is 5.92 Å². The Morgan fingerprint density at radius 3 is 2.79 bits per heavy atom. The first-order valence-corrected chi connectivity index (χ1v) is 12.1. The van der Waals surface area contributed by atoms with Crippen LogP contribution in [-0.4, -0.2) is 60.5 Å². The van der Waals surface area contributed by atoms with Gasteiger partial charge in [-0.1, -0.05) is 17.8 Å². The van der Waals surface area contributed by atoms with Gasteiger partial charge in [-0.15, -0.1) is 5.10 Å². The first kappa shape index (κ1) is 21.7. The van der Waals surface area contributed by atoms with Gasteiger partial charge in [0.15, 0.2) is 0 Å². The second kappa shape index (κ2) is 9.01. The fraction of sp³-hybridized carbons (Fsp3) is 0.435. The Bertz CT molecular complexity index is 1210. The Labute approximate surface area is 195 Å². The van der Waals surface area contributed by atoms with E-state index in [1.165, 1.54) is 11.8 Å². The van der Waals surface area contributed by atoms with Crippen LogP contribution < -0.4 is 10.3 Å². The number of piperidine rings is 1. The van der Waals surface area contributed by atoms with Gasteiger partial charge in [0.05, 0.1) is 17.5 Å². The van der Waals surface area contributed by atoms with Gasteiger partial charge in [-0.3, -0.25) is 9.59 Å². The average Bonchev–Trinajstić information content (AvgIpc) is 3.28. The summed E-state index contributed by atoms with van der Waals surface area (Å²) in [6, 6.07) is 13.0. The first-order valence-electron chi connectivity index (χ1n) is 11.2. The Balaban J connectivity index is 1.29. The number of thioether (sulfide) groups is 1. The summed E-state index contributed by atoms with van der Waals surface area (Å²) in [4.78, 5) is 27.5. The van der Waals surface area contributed by atoms with E-state index in [1.807, 2.05) is 59.7 Å². The van der Waals surface area contributed by atoms with Gasteiger partial charge in [-0.2, -0.15) is 4.68 Å². The summed E-state index contributed by atoms with van der Waals surface area (Å²) in [5.74, 6) is 1.35. The molecule has 4 heterocycles. The fourth-order valence-electron chi connectivity index (χ4n) is 4.81. The lowest BCUT2D eigenvalue weighted by Gasteiger charge is -2.43. The molecule has 3 atom stereocenters. The van der Waals surface area contributed by atoms with Gasteiger partial charge in [0, 0.05) is 37.3 Å². The molecule has 10 heteroatoms. The van der Waals surface area contributed by atoms with E-state index in [0.717, 1.165) is 23.6 Å². The Morgan fingerprint density at radius 2 is 2.00 bits per heavy atom. The maximum Gasteiger partial charge on any atom is 0.250 e. The van der Waals surface area contributed by atoms with Crippen molar-refractivity contribution in [1.29, 1.82) is 0 Å². The lowest BCUT2D eigenvalue weighted by molar-refractivity contribution is -0.133. The molecule has 0 saturated carbocycles. The molecule has 2 aromatic heterocycles. The van der Waals surface area contributed by atoms with Crippen molar-refractivity contribution in [2.45, 2.75) is 43.1 Å². The molecule has 33 heavy (non-hydrogen) atoms. The highest BCUT2D eigenvalue weighted by Gasteiger charge is 2.37. The number of ether oxygens (including phenoxy) is 1. The van der Waals surface area contributed by atoms with E-state index in [1.54, 1.807) is 10.7 Å². The van der Waals surface area contributed by atoms with Crippen molar-refractivity contribution in [2.75, 3.05) is 19.7 Å². The molecule has 0 spiro atoms. The van der Waals surface area contributed by atoms with Crippen LogP contribution in [-0.2, 0) is 11.3 Å². The molecule has 2 bridgehead atoms. The van der Waals surface area contributed by atoms with Gasteiger partial charge in [0.25, 0.3) is 5.56 Å². The second-order valence-electron chi connectivity index (χ2n) is 8.50. The Kier molecular flexibility index (Phi) is 5.92. The van der Waals surface area contributed by atoms with Gasteiger partial charge in [0.2, 0.25) is 11.1 Å². The lowest BCUT2D eigenvalue weighted by atomic mass is 9.83. The number of pyridine rings is 1. The van der Waals surface area contributed by atoms with Crippen molar-refractivity contribution in [1.82, 2.24) is 29.7 Å². The van der Waals surface area contributed by atoms with E-state index in [9.17, 15) is 9.59 Å². The summed E-state index contributed by atoms with van der Waals surface area (Å²) in [6.45, 7) is 6.42. The minimum atomic E-state index is -0.339. The monoisotopic (exact) mass is 466 g/mol. The van der Waals surface area contributed by atoms with Crippen LogP contribution in [0.3, 0.4) is 0 Å². The standard InChI is InChI=1S/C23H26N6O3S/c1-3-32-19-9-7-18(8-10-19)29-23(24-25-26-29)33-15(2)22(31)27-12-16-11-17(14-27)20-5-4-6-21(30)28(20)13-16/h4-10,15-17H,3,11-14H2,1-2H3/t15?,16-,17+/m1/s1. The Hall–Kier alpha value is -3.14. The Morgan fingerprint density at radius 1 is 1.18 bits per heavy atom. The third-order valence-corrected chi connectivity index (χ3v) is 7.28. The minimum Gasteiger partial charge on any atom is -0.494 e. The summed E-state index contributed by atoms with van der Waals surface area (Å²) in [5, 5.41) is 12.3. The summed E-state index contributed by atoms with van der Waals surface area (Å²) in [5.41, 5.74) is 1.89. The zero-order valence-corrected chi connectivity index (χ0v) is 19.4. The maximum absolute atomic E-state index is 13.3. The number of aromatic nitrogens is 5. The van der Waals surface area contributed by atoms with Gasteiger partial charge in [-0.25, -0.2) is 0 Å². The summed E-state index contributed by atoms with van der Waals surface area (Å²) in [7, 11) is 0. The summed E-state index contributed by atoms with van der Waals surface area (Å²) in [6.07, 6.45) is 1.02. The number of hydrogen-bond donors (Lipinski definition) is 0. The summed E-state index contributed by atoms with van der Waals surface area (Å²) < 4.78 is 9.01. The predicted molar refractivity (Wildman–Crippen MR) is 124 cm³/mol. The van der Waals surface area contributed by atoms with E-state index in [-0.39, 0.29) is 22.6 Å². The predicted octanol–water partition coefficient (Wildman–Crippen LogP) is 2.35. The molecule has 1 aromatic carbocycles. The highest BCUT2D eigenvalue weighted by Crippen LogP contribution is 2.36. The number of nitrogens with zero attached hydrogens (tertiary/aromatic N) is 6. The van der Waals surface area contributed by atoms with Gasteiger partial charge >= 0.3 is 0 Å². The normalized spacial score (nSPS) is 20.2. The van der Waals surface area contributed by atoms with Crippen molar-refractivity contribution in [3.8, 4) is 11.4 Å². The molecule has 5 rings (SSSR count). The van der Waals surface area contributed by atoms with E-state index in [0.29, 0.717) is 37.3 Å². The van der Waals surface area contributed by atoms with Gasteiger partial charge in [-0.05, 0) is 66.9 Å². The van der Waals surface area contributed by atoms with Crippen molar-refractivity contribution >= 4 is 17.7 Å². The highest BCUT2D eigenvalue weighted by atomic mass is 32.2. The highest BCUT2D eigenvalue weighted by molar-refractivity contribution is 8.00. The number of rotatable bonds is 6. The van der Waals surface area contributed by atoms with Crippen molar-refractivity contribution in [3.63, 3.8) is 0 Å². The van der Waals surface area contributed by atoms with Crippen LogP contribution in [0.5, 0.6) is 5.75 Å². The fourth-order valence-corrected chi connectivity index (χ4v) is 5.70. The molecule has 1 unspecified atom stereocenters. The molecule has 1 amide bonds. The molecule has 1 fully saturated rings. The number of tetrazole rings is 1. The van der Waals surface area contributed by atoms with Crippen LogP contribution in [0.15, 0.2) is 52.4 Å². The molecule has 1 saturated heterocycles. The molecule has 0 aliphatic carbocycles. The van der Waals surface area contributed by atoms with Crippen molar-refractivity contribution < 1.29 is 9.53 Å². The van der Waals surface area contributed by atoms with E-state index >= 15 is 0 Å². The van der Waals surface area contributed by atoms with Crippen LogP contribution >= 0.6 is 11.8 Å². The van der Waals surface area contributed by atoms with Crippen LogP contribution in [0.25, 0.3) is 5.69 Å². The molecule has 0 N–H and O–H groups in total. The van der Waals surface area contributed by atoms with Crippen LogP contribution in [0.2, 0.25) is 0 Å². The van der Waals surface area contributed by atoms with Crippen molar-refractivity contribution in [2.24, 2.45) is 5.92 Å². The molecule has 2 aliphatic rings. The van der Waals surface area contributed by atoms with E-state index < -0.39 is 0 Å². The molecule has 2 aliphatic heterocycles. The molecule has 0 radical (unpaired) electrons. The first-order chi connectivity index (χ1) is 16.0. The third-order valence-electron chi connectivity index (χ3n) is 6.25. The van der Waals surface area contributed by atoms with Crippen LogP contribution in [0.1, 0.15) is 31.9 Å². The molecular formula is C23H26N6O3S. The molecule has 172 valence electrons. The minimum absolute atomic E-state index is 0.0482. The summed E-state index contributed by atoms with van der Waals surface area (Å²) >= 11 is 1.35. The SMILES string of the molecule is CCOc1ccc(-n2nnnc2SC(C)C(=O)N2C[C@H]3C[C@@H](C2)c2cccc(=O)n2C3)cc1. The molecule has 9 nitrogen and oxygen atoms in total. The number of carbonyl (C=O) groups excluding carboxylic acids is 1. The maximum atomic E-state index is 13.3. The van der Waals surface area contributed by atoms with Gasteiger partial charge in [0.1, 0.15) is 5.75 Å². The molecule has 3 aromatic rings. The number of fused-ring (bicyclic) bond motifs is 4. The second-order valence-corrected chi connectivity index (χ2v) is 9.81. The zero-order chi connectivity index (χ0) is 22.9. The quantitative estimate of drug-likeness (QED) is 0.515. The largest absolute Gasteiger partial charge is 0.494 e. The number of carbonyl (C=O) groups is 1. The number of amides is 1. The van der Waals surface area contributed by atoms with E-state index in [4.69, 9.17) is 4.74 Å². The zero-order valence-electron chi connectivity index (χ0n) is 18.6. The number of likely N-dealkylation sites (tertiary alicyclic amines) is 1. The lowest BCUT2D eigenvalue weighted by Crippen LogP contribution is -2.50. The van der Waals surface area contributed by atoms with Gasteiger partial charge < -0.3 is 14.2 Å². The van der Waals surface area contributed by atoms with Crippen LogP contribution in [0.4, 0.5) is 0 Å². The number of hydrogen-bond acceptors (Lipinski definition) is 7.